The monoisotopic (exact) mass is 510 g/mol. The van der Waals surface area contributed by atoms with Crippen LogP contribution in [-0.2, 0) is 16.1 Å². The van der Waals surface area contributed by atoms with Crippen molar-refractivity contribution in [1.82, 2.24) is 4.90 Å². The number of imide groups is 1. The summed E-state index contributed by atoms with van der Waals surface area (Å²) in [5, 5.41) is 10.7. The van der Waals surface area contributed by atoms with Gasteiger partial charge in [-0.25, -0.2) is 0 Å². The van der Waals surface area contributed by atoms with Crippen LogP contribution in [-0.4, -0.2) is 34.2 Å². The van der Waals surface area contributed by atoms with Gasteiger partial charge in [-0.15, -0.1) is 0 Å². The van der Waals surface area contributed by atoms with E-state index in [0.29, 0.717) is 21.5 Å². The largest absolute Gasteiger partial charge is 0.459 e. The average molecular weight is 511 g/mol. The highest BCUT2D eigenvalue weighted by Crippen LogP contribution is 2.26. The highest BCUT2D eigenvalue weighted by molar-refractivity contribution is 9.10. The van der Waals surface area contributed by atoms with Crippen LogP contribution in [0, 0.1) is 10.1 Å². The lowest BCUT2D eigenvalue weighted by molar-refractivity contribution is -0.384. The van der Waals surface area contributed by atoms with Gasteiger partial charge in [-0.1, -0.05) is 28.1 Å². The molecular weight excluding hydrogens is 496 g/mol. The summed E-state index contributed by atoms with van der Waals surface area (Å²) in [5.41, 5.74) is 1.13. The zero-order valence-electron chi connectivity index (χ0n) is 16.9. The summed E-state index contributed by atoms with van der Waals surface area (Å²) >= 11 is 3.26. The number of non-ortho nitro benzene ring substituents is 1. The summed E-state index contributed by atoms with van der Waals surface area (Å²) in [4.78, 5) is 48.1. The van der Waals surface area contributed by atoms with E-state index in [1.54, 1.807) is 36.4 Å². The maximum atomic E-state index is 12.4. The van der Waals surface area contributed by atoms with Gasteiger partial charge in [0.05, 0.1) is 16.1 Å². The Bertz CT molecular complexity index is 1260. The van der Waals surface area contributed by atoms with Gasteiger partial charge in [0.2, 0.25) is 0 Å². The van der Waals surface area contributed by atoms with Gasteiger partial charge in [0.1, 0.15) is 24.7 Å². The number of ether oxygens (including phenoxy) is 2. The molecule has 2 amide bonds. The lowest BCUT2D eigenvalue weighted by Crippen LogP contribution is -2.35. The van der Waals surface area contributed by atoms with Crippen molar-refractivity contribution in [3.8, 4) is 11.5 Å². The van der Waals surface area contributed by atoms with E-state index >= 15 is 0 Å². The average Bonchev–Trinajstić information content (AvgIpc) is 3.03. The van der Waals surface area contributed by atoms with Crippen molar-refractivity contribution in [2.45, 2.75) is 6.61 Å². The third-order valence-corrected chi connectivity index (χ3v) is 5.32. The van der Waals surface area contributed by atoms with E-state index in [9.17, 15) is 24.5 Å². The van der Waals surface area contributed by atoms with E-state index < -0.39 is 29.3 Å². The van der Waals surface area contributed by atoms with Crippen LogP contribution >= 0.6 is 15.9 Å². The van der Waals surface area contributed by atoms with Crippen LogP contribution in [0.4, 0.5) is 5.69 Å². The number of carbonyl (C=O) groups excluding carboxylic acids is 3. The normalized spacial score (nSPS) is 12.5. The van der Waals surface area contributed by atoms with Crippen LogP contribution in [0.15, 0.2) is 71.2 Å². The molecule has 0 spiro atoms. The van der Waals surface area contributed by atoms with E-state index in [0.717, 1.165) is 4.90 Å². The maximum Gasteiger partial charge on any atom is 0.326 e. The number of halogens is 1. The van der Waals surface area contributed by atoms with Crippen LogP contribution in [0.25, 0.3) is 0 Å². The number of nitrogens with zero attached hydrogens (tertiary/aromatic N) is 2. The smallest absolute Gasteiger partial charge is 0.326 e. The first-order valence-electron chi connectivity index (χ1n) is 9.64. The second-order valence-electron chi connectivity index (χ2n) is 7.04. The Hall–Kier alpha value is -4.05. The highest BCUT2D eigenvalue weighted by atomic mass is 79.9. The molecule has 0 fully saturated rings. The van der Waals surface area contributed by atoms with Gasteiger partial charge in [0, 0.05) is 16.6 Å². The van der Waals surface area contributed by atoms with Crippen LogP contribution in [0.3, 0.4) is 0 Å². The minimum atomic E-state index is -0.713. The molecule has 1 aliphatic rings. The minimum Gasteiger partial charge on any atom is -0.459 e. The molecule has 0 radical (unpaired) electrons. The quantitative estimate of drug-likeness (QED) is 0.199. The molecule has 4 rings (SSSR count). The van der Waals surface area contributed by atoms with E-state index in [1.807, 2.05) is 0 Å². The minimum absolute atomic E-state index is 0.0337. The van der Waals surface area contributed by atoms with Crippen molar-refractivity contribution in [2.75, 3.05) is 6.54 Å². The Morgan fingerprint density at radius 1 is 0.909 bits per heavy atom. The maximum absolute atomic E-state index is 12.4. The van der Waals surface area contributed by atoms with Crippen LogP contribution in [0.1, 0.15) is 26.3 Å². The molecule has 10 heteroatoms. The summed E-state index contributed by atoms with van der Waals surface area (Å²) < 4.78 is 11.5. The molecule has 0 saturated carbocycles. The fourth-order valence-corrected chi connectivity index (χ4v) is 3.53. The van der Waals surface area contributed by atoms with Gasteiger partial charge in [0.15, 0.2) is 0 Å². The summed E-state index contributed by atoms with van der Waals surface area (Å²) in [6, 6.07) is 17.1. The third-order valence-electron chi connectivity index (χ3n) is 4.83. The zero-order chi connectivity index (χ0) is 23.5. The molecule has 3 aromatic rings. The Balaban J connectivity index is 1.30. The molecule has 0 N–H and O–H groups in total. The number of benzene rings is 3. The molecule has 0 bridgehead atoms. The lowest BCUT2D eigenvalue weighted by Gasteiger charge is -2.13. The van der Waals surface area contributed by atoms with Crippen molar-refractivity contribution in [2.24, 2.45) is 0 Å². The van der Waals surface area contributed by atoms with Crippen LogP contribution in [0.2, 0.25) is 0 Å². The molecule has 1 heterocycles. The zero-order valence-corrected chi connectivity index (χ0v) is 18.5. The summed E-state index contributed by atoms with van der Waals surface area (Å²) in [6.45, 7) is -0.531. The van der Waals surface area contributed by atoms with Crippen LogP contribution < -0.4 is 4.74 Å². The SMILES string of the molecule is O=C(CN1C(=O)c2ccc(Br)cc2C1=O)OCc1ccc(Oc2ccc([N+](=O)[O-])cc2)cc1. The molecular formula is C23H15BrN2O7. The lowest BCUT2D eigenvalue weighted by atomic mass is 10.1. The number of fused-ring (bicyclic) bond motifs is 1. The number of esters is 1. The van der Waals surface area contributed by atoms with Gasteiger partial charge in [-0.05, 0) is 48.0 Å². The number of hydrogen-bond acceptors (Lipinski definition) is 7. The summed E-state index contributed by atoms with van der Waals surface area (Å²) in [5.74, 6) is -0.855. The first kappa shape index (κ1) is 22.2. The molecule has 1 aliphatic heterocycles. The Morgan fingerprint density at radius 2 is 1.52 bits per heavy atom. The first-order chi connectivity index (χ1) is 15.8. The van der Waals surface area contributed by atoms with Crippen molar-refractivity contribution in [3.05, 3.63) is 98.0 Å². The van der Waals surface area contributed by atoms with Gasteiger partial charge in [-0.3, -0.25) is 29.4 Å². The predicted octanol–water partition coefficient (Wildman–Crippen LogP) is 4.49. The predicted molar refractivity (Wildman–Crippen MR) is 119 cm³/mol. The van der Waals surface area contributed by atoms with Crippen LogP contribution in [0.5, 0.6) is 11.5 Å². The van der Waals surface area contributed by atoms with E-state index in [1.165, 1.54) is 30.3 Å². The summed E-state index contributed by atoms with van der Waals surface area (Å²) in [6.07, 6.45) is 0. The Morgan fingerprint density at radius 3 is 2.15 bits per heavy atom. The molecule has 3 aromatic carbocycles. The molecule has 0 aliphatic carbocycles. The fraction of sp³-hybridized carbons (Fsp3) is 0.0870. The molecule has 0 unspecified atom stereocenters. The number of rotatable bonds is 7. The fourth-order valence-electron chi connectivity index (χ4n) is 3.17. The molecule has 0 aromatic heterocycles. The number of nitro groups is 1. The number of hydrogen-bond donors (Lipinski definition) is 0. The van der Waals surface area contributed by atoms with Gasteiger partial charge < -0.3 is 9.47 Å². The highest BCUT2D eigenvalue weighted by Gasteiger charge is 2.37. The second-order valence-corrected chi connectivity index (χ2v) is 7.96. The van der Waals surface area contributed by atoms with Crippen molar-refractivity contribution >= 4 is 39.4 Å². The standard InChI is InChI=1S/C23H15BrN2O7/c24-15-3-10-19-20(11-15)23(29)25(22(19)28)12-21(27)32-13-14-1-6-17(7-2-14)33-18-8-4-16(5-9-18)26(30)31/h1-11H,12-13H2. The molecule has 0 atom stereocenters. The van der Waals surface area contributed by atoms with E-state index in [2.05, 4.69) is 15.9 Å². The number of nitro benzene ring substituents is 1. The molecule has 166 valence electrons. The van der Waals surface area contributed by atoms with Gasteiger partial charge in [0.25, 0.3) is 17.5 Å². The molecule has 9 nitrogen and oxygen atoms in total. The number of carbonyl (C=O) groups is 3. The third kappa shape index (κ3) is 4.90. The van der Waals surface area contributed by atoms with Gasteiger partial charge >= 0.3 is 5.97 Å². The molecule has 0 saturated heterocycles. The Labute approximate surface area is 195 Å². The number of amides is 2. The van der Waals surface area contributed by atoms with E-state index in [-0.39, 0.29) is 23.4 Å². The second kappa shape index (κ2) is 9.21. The van der Waals surface area contributed by atoms with Gasteiger partial charge in [-0.2, -0.15) is 0 Å². The van der Waals surface area contributed by atoms with E-state index in [4.69, 9.17) is 9.47 Å². The molecule has 33 heavy (non-hydrogen) atoms. The first-order valence-corrected chi connectivity index (χ1v) is 10.4. The van der Waals surface area contributed by atoms with Crippen molar-refractivity contribution < 1.29 is 28.8 Å². The van der Waals surface area contributed by atoms with Crippen molar-refractivity contribution in [3.63, 3.8) is 0 Å². The topological polar surface area (TPSA) is 116 Å². The summed E-state index contributed by atoms with van der Waals surface area (Å²) in [7, 11) is 0. The van der Waals surface area contributed by atoms with Crippen molar-refractivity contribution in [1.29, 1.82) is 0 Å². The Kier molecular flexibility index (Phi) is 6.18.